The molecule has 2 aliphatic heterocycles. The molecule has 0 radical (unpaired) electrons. The number of hydrogen-bond acceptors (Lipinski definition) is 8. The fourth-order valence-corrected chi connectivity index (χ4v) is 8.03. The molecule has 0 saturated heterocycles. The quantitative estimate of drug-likeness (QED) is 0.302. The van der Waals surface area contributed by atoms with Gasteiger partial charge in [0.15, 0.2) is 0 Å². The lowest BCUT2D eigenvalue weighted by atomic mass is 9.95. The Labute approximate surface area is 258 Å². The van der Waals surface area contributed by atoms with Crippen LogP contribution in [0.1, 0.15) is 44.5 Å². The van der Waals surface area contributed by atoms with Gasteiger partial charge in [-0.05, 0) is 36.1 Å². The third-order valence-electron chi connectivity index (χ3n) is 8.11. The van der Waals surface area contributed by atoms with Gasteiger partial charge in [0.05, 0.1) is 46.3 Å². The Morgan fingerprint density at radius 3 is 1.44 bits per heavy atom. The molecule has 0 spiro atoms. The van der Waals surface area contributed by atoms with Crippen molar-refractivity contribution < 1.29 is 0 Å². The van der Waals surface area contributed by atoms with E-state index in [1.165, 1.54) is 23.5 Å². The first kappa shape index (κ1) is 29.0. The SMILES string of the molecule is Cc1c(C#N)c2n(c(=O)c1Cc1c(C)c(C#N)c3n(c1=O)CN(Cc1ccccc1)CS3)CN(Cc1ccccc1)CS2. The Kier molecular flexibility index (Phi) is 8.29. The molecule has 0 bridgehead atoms. The van der Waals surface area contributed by atoms with Crippen LogP contribution in [0.4, 0.5) is 0 Å². The predicted molar refractivity (Wildman–Crippen MR) is 169 cm³/mol. The molecule has 216 valence electrons. The van der Waals surface area contributed by atoms with Crippen molar-refractivity contribution in [2.24, 2.45) is 0 Å². The van der Waals surface area contributed by atoms with Crippen LogP contribution in [0.2, 0.25) is 0 Å². The topological polar surface area (TPSA) is 98.1 Å². The number of rotatable bonds is 6. The van der Waals surface area contributed by atoms with Crippen LogP contribution >= 0.6 is 23.5 Å². The summed E-state index contributed by atoms with van der Waals surface area (Å²) in [7, 11) is 0. The largest absolute Gasteiger partial charge is 0.288 e. The Morgan fingerprint density at radius 1 is 0.674 bits per heavy atom. The Hall–Kier alpha value is -4.06. The van der Waals surface area contributed by atoms with Gasteiger partial charge in [0.2, 0.25) is 0 Å². The zero-order chi connectivity index (χ0) is 30.1. The van der Waals surface area contributed by atoms with Crippen molar-refractivity contribution in [3.05, 3.63) is 126 Å². The molecule has 4 heterocycles. The average molecular weight is 607 g/mol. The highest BCUT2D eigenvalue weighted by Gasteiger charge is 2.29. The summed E-state index contributed by atoms with van der Waals surface area (Å²) in [6.07, 6.45) is 0.0615. The average Bonchev–Trinajstić information content (AvgIpc) is 3.03. The minimum Gasteiger partial charge on any atom is -0.288 e. The number of fused-ring (bicyclic) bond motifs is 2. The summed E-state index contributed by atoms with van der Waals surface area (Å²) >= 11 is 2.98. The molecule has 0 saturated carbocycles. The van der Waals surface area contributed by atoms with Crippen LogP contribution in [-0.2, 0) is 32.8 Å². The number of aromatic nitrogens is 2. The van der Waals surface area contributed by atoms with Crippen molar-refractivity contribution in [1.29, 1.82) is 10.5 Å². The molecular weight excluding hydrogens is 577 g/mol. The van der Waals surface area contributed by atoms with Gasteiger partial charge < -0.3 is 0 Å². The van der Waals surface area contributed by atoms with Crippen molar-refractivity contribution in [3.63, 3.8) is 0 Å². The molecule has 0 N–H and O–H groups in total. The van der Waals surface area contributed by atoms with Gasteiger partial charge in [0.1, 0.15) is 12.1 Å². The van der Waals surface area contributed by atoms with Gasteiger partial charge in [-0.3, -0.25) is 28.5 Å². The van der Waals surface area contributed by atoms with Gasteiger partial charge in [0.25, 0.3) is 11.1 Å². The van der Waals surface area contributed by atoms with Crippen molar-refractivity contribution >= 4 is 23.5 Å². The Balaban J connectivity index is 1.38. The normalized spacial score (nSPS) is 14.9. The summed E-state index contributed by atoms with van der Waals surface area (Å²) in [6.45, 7) is 5.66. The van der Waals surface area contributed by atoms with E-state index in [9.17, 15) is 20.1 Å². The second kappa shape index (κ2) is 12.3. The van der Waals surface area contributed by atoms with E-state index in [0.29, 0.717) is 81.6 Å². The Morgan fingerprint density at radius 2 is 1.07 bits per heavy atom. The Bertz CT molecular complexity index is 1770. The molecule has 4 aromatic rings. The molecular formula is C33H30N6O2S2. The summed E-state index contributed by atoms with van der Waals surface area (Å²) in [6, 6.07) is 24.8. The van der Waals surface area contributed by atoms with E-state index in [4.69, 9.17) is 0 Å². The van der Waals surface area contributed by atoms with Gasteiger partial charge in [-0.25, -0.2) is 0 Å². The summed E-state index contributed by atoms with van der Waals surface area (Å²) in [5.41, 5.74) is 4.90. The van der Waals surface area contributed by atoms with E-state index < -0.39 is 0 Å². The number of pyridine rings is 2. The molecule has 43 heavy (non-hydrogen) atoms. The first-order valence-corrected chi connectivity index (χ1v) is 16.0. The fraction of sp³-hybridized carbons (Fsp3) is 0.273. The van der Waals surface area contributed by atoms with Crippen molar-refractivity contribution in [2.45, 2.75) is 56.7 Å². The molecule has 10 heteroatoms. The third kappa shape index (κ3) is 5.55. The van der Waals surface area contributed by atoms with Crippen LogP contribution < -0.4 is 11.1 Å². The minimum absolute atomic E-state index is 0.0615. The monoisotopic (exact) mass is 606 g/mol. The fourth-order valence-electron chi connectivity index (χ4n) is 5.80. The lowest BCUT2D eigenvalue weighted by molar-refractivity contribution is 0.225. The van der Waals surface area contributed by atoms with Gasteiger partial charge in [-0.15, -0.1) is 0 Å². The van der Waals surface area contributed by atoms with E-state index in [1.807, 2.05) is 36.4 Å². The van der Waals surface area contributed by atoms with Crippen LogP contribution in [0, 0.1) is 36.5 Å². The highest BCUT2D eigenvalue weighted by atomic mass is 32.2. The van der Waals surface area contributed by atoms with Crippen molar-refractivity contribution in [3.8, 4) is 12.1 Å². The molecule has 2 aromatic carbocycles. The molecule has 0 amide bonds. The molecule has 6 rings (SSSR count). The van der Waals surface area contributed by atoms with E-state index in [-0.39, 0.29) is 17.5 Å². The lowest BCUT2D eigenvalue weighted by Crippen LogP contribution is -2.40. The molecule has 8 nitrogen and oxygen atoms in total. The van der Waals surface area contributed by atoms with Crippen molar-refractivity contribution in [2.75, 3.05) is 11.8 Å². The summed E-state index contributed by atoms with van der Waals surface area (Å²) in [4.78, 5) is 32.4. The highest BCUT2D eigenvalue weighted by molar-refractivity contribution is 7.99. The van der Waals surface area contributed by atoms with Gasteiger partial charge >= 0.3 is 0 Å². The lowest BCUT2D eigenvalue weighted by Gasteiger charge is -2.32. The standard InChI is InChI=1S/C33H30N6O2S2/c1-22-26(30(40)38-18-36(16-24-9-5-3-6-10-24)20-42-32(38)28(22)14-34)13-27-23(2)29(15-35)33-39(31(27)41)19-37(21-43-33)17-25-11-7-4-8-12-25/h3-12H,13,16-21H2,1-2H3. The molecule has 2 aliphatic rings. The molecule has 0 fully saturated rings. The molecule has 2 aromatic heterocycles. The second-order valence-electron chi connectivity index (χ2n) is 10.9. The van der Waals surface area contributed by atoms with Crippen LogP contribution in [0.25, 0.3) is 0 Å². The van der Waals surface area contributed by atoms with Gasteiger partial charge in [-0.2, -0.15) is 10.5 Å². The van der Waals surface area contributed by atoms with Crippen LogP contribution in [0.15, 0.2) is 80.3 Å². The number of nitrogens with zero attached hydrogens (tertiary/aromatic N) is 6. The minimum atomic E-state index is -0.197. The summed E-state index contributed by atoms with van der Waals surface area (Å²) in [5.74, 6) is 1.32. The van der Waals surface area contributed by atoms with E-state index >= 15 is 0 Å². The summed E-state index contributed by atoms with van der Waals surface area (Å²) in [5, 5.41) is 21.6. The molecule has 0 aliphatic carbocycles. The van der Waals surface area contributed by atoms with Crippen LogP contribution in [0.5, 0.6) is 0 Å². The smallest absolute Gasteiger partial charge is 0.256 e. The number of hydrogen-bond donors (Lipinski definition) is 0. The third-order valence-corrected chi connectivity index (χ3v) is 10.5. The maximum atomic E-state index is 14.1. The predicted octanol–water partition coefficient (Wildman–Crippen LogP) is 5.01. The van der Waals surface area contributed by atoms with Crippen LogP contribution in [0.3, 0.4) is 0 Å². The molecule has 0 atom stereocenters. The van der Waals surface area contributed by atoms with E-state index in [2.05, 4.69) is 46.2 Å². The first-order chi connectivity index (χ1) is 20.9. The zero-order valence-electron chi connectivity index (χ0n) is 24.0. The first-order valence-electron chi connectivity index (χ1n) is 14.0. The number of nitriles is 2. The zero-order valence-corrected chi connectivity index (χ0v) is 25.7. The molecule has 0 unspecified atom stereocenters. The number of thioether (sulfide) groups is 2. The maximum Gasteiger partial charge on any atom is 0.256 e. The van der Waals surface area contributed by atoms with E-state index in [1.54, 1.807) is 23.0 Å². The van der Waals surface area contributed by atoms with Crippen LogP contribution in [-0.4, -0.2) is 30.7 Å². The number of benzene rings is 2. The highest BCUT2D eigenvalue weighted by Crippen LogP contribution is 2.33. The van der Waals surface area contributed by atoms with Gasteiger partial charge in [0, 0.05) is 30.6 Å². The van der Waals surface area contributed by atoms with E-state index in [0.717, 1.165) is 11.1 Å². The summed E-state index contributed by atoms with van der Waals surface area (Å²) < 4.78 is 3.35. The van der Waals surface area contributed by atoms with Gasteiger partial charge in [-0.1, -0.05) is 84.2 Å². The maximum absolute atomic E-state index is 14.1. The van der Waals surface area contributed by atoms with Crippen molar-refractivity contribution in [1.82, 2.24) is 18.9 Å². The second-order valence-corrected chi connectivity index (χ2v) is 12.8.